The van der Waals surface area contributed by atoms with Crippen molar-refractivity contribution in [2.75, 3.05) is 7.11 Å². The minimum absolute atomic E-state index is 0.278. The van der Waals surface area contributed by atoms with Crippen molar-refractivity contribution in [3.63, 3.8) is 0 Å². The molecule has 1 aromatic carbocycles. The fourth-order valence-corrected chi connectivity index (χ4v) is 1.43. The average Bonchev–Trinajstić information content (AvgIpc) is 2.42. The SMILES string of the molecule is C=C(C#Cc1ccc(OC(F)(F)F)cc1)/C=C(\CC)OC. The average molecular weight is 296 g/mol. The standard InChI is InChI=1S/C16H15F3O2/c1-4-14(20-3)11-12(2)5-6-13-7-9-15(10-8-13)21-16(17,18)19/h7-11H,2,4H2,1,3H3/b14-11+. The predicted octanol–water partition coefficient (Wildman–Crippen LogP) is 4.43. The molecule has 0 heterocycles. The molecule has 0 unspecified atom stereocenters. The van der Waals surface area contributed by atoms with Crippen LogP contribution < -0.4 is 4.74 Å². The summed E-state index contributed by atoms with van der Waals surface area (Å²) in [6.07, 6.45) is -2.25. The molecule has 0 aromatic heterocycles. The summed E-state index contributed by atoms with van der Waals surface area (Å²) in [6, 6.07) is 5.32. The molecular formula is C16H15F3O2. The number of hydrogen-bond donors (Lipinski definition) is 0. The zero-order chi connectivity index (χ0) is 15.9. The van der Waals surface area contributed by atoms with Crippen LogP contribution >= 0.6 is 0 Å². The highest BCUT2D eigenvalue weighted by atomic mass is 19.4. The van der Waals surface area contributed by atoms with Gasteiger partial charge in [0.2, 0.25) is 0 Å². The van der Waals surface area contributed by atoms with Gasteiger partial charge < -0.3 is 9.47 Å². The molecule has 2 nitrogen and oxygen atoms in total. The number of allylic oxidation sites excluding steroid dienone is 3. The molecule has 0 aliphatic rings. The van der Waals surface area contributed by atoms with E-state index in [0.717, 1.165) is 12.2 Å². The van der Waals surface area contributed by atoms with Gasteiger partial charge in [0, 0.05) is 17.6 Å². The van der Waals surface area contributed by atoms with Gasteiger partial charge >= 0.3 is 6.36 Å². The van der Waals surface area contributed by atoms with Crippen LogP contribution in [0, 0.1) is 11.8 Å². The number of benzene rings is 1. The number of alkyl halides is 3. The lowest BCUT2D eigenvalue weighted by atomic mass is 10.2. The molecule has 0 bridgehead atoms. The molecule has 1 rings (SSSR count). The summed E-state index contributed by atoms with van der Waals surface area (Å²) in [7, 11) is 1.56. The maximum atomic E-state index is 12.0. The summed E-state index contributed by atoms with van der Waals surface area (Å²) in [4.78, 5) is 0. The molecule has 1 aromatic rings. The second-order valence-corrected chi connectivity index (χ2v) is 4.02. The monoisotopic (exact) mass is 296 g/mol. The third kappa shape index (κ3) is 6.57. The summed E-state index contributed by atoms with van der Waals surface area (Å²) in [5, 5.41) is 0. The highest BCUT2D eigenvalue weighted by molar-refractivity contribution is 5.45. The largest absolute Gasteiger partial charge is 0.573 e. The zero-order valence-electron chi connectivity index (χ0n) is 11.8. The van der Waals surface area contributed by atoms with Crippen molar-refractivity contribution in [2.45, 2.75) is 19.7 Å². The second kappa shape index (κ2) is 7.44. The summed E-state index contributed by atoms with van der Waals surface area (Å²) < 4.78 is 44.9. The van der Waals surface area contributed by atoms with Crippen molar-refractivity contribution < 1.29 is 22.6 Å². The maximum Gasteiger partial charge on any atom is 0.573 e. The first-order valence-electron chi connectivity index (χ1n) is 6.15. The van der Waals surface area contributed by atoms with E-state index in [1.807, 2.05) is 6.92 Å². The van der Waals surface area contributed by atoms with Crippen molar-refractivity contribution >= 4 is 0 Å². The van der Waals surface area contributed by atoms with Gasteiger partial charge in [0.15, 0.2) is 0 Å². The van der Waals surface area contributed by atoms with Crippen LogP contribution in [0.4, 0.5) is 13.2 Å². The Morgan fingerprint density at radius 1 is 1.29 bits per heavy atom. The van der Waals surface area contributed by atoms with Crippen molar-refractivity contribution in [1.29, 1.82) is 0 Å². The summed E-state index contributed by atoms with van der Waals surface area (Å²) >= 11 is 0. The van der Waals surface area contributed by atoms with E-state index in [1.165, 1.54) is 24.3 Å². The Labute approximate surface area is 121 Å². The van der Waals surface area contributed by atoms with Gasteiger partial charge in [-0.05, 0) is 30.3 Å². The molecule has 0 fully saturated rings. The van der Waals surface area contributed by atoms with E-state index in [-0.39, 0.29) is 5.75 Å². The Balaban J connectivity index is 2.75. The number of hydrogen-bond acceptors (Lipinski definition) is 2. The molecule has 0 aliphatic heterocycles. The Morgan fingerprint density at radius 3 is 2.38 bits per heavy atom. The van der Waals surface area contributed by atoms with Crippen LogP contribution in [0.15, 0.2) is 48.3 Å². The van der Waals surface area contributed by atoms with Crippen molar-refractivity contribution in [3.8, 4) is 17.6 Å². The van der Waals surface area contributed by atoms with Gasteiger partial charge in [0.1, 0.15) is 5.75 Å². The lowest BCUT2D eigenvalue weighted by molar-refractivity contribution is -0.274. The van der Waals surface area contributed by atoms with Gasteiger partial charge in [-0.2, -0.15) is 0 Å². The first kappa shape index (κ1) is 16.7. The van der Waals surface area contributed by atoms with Gasteiger partial charge in [-0.1, -0.05) is 25.3 Å². The number of ether oxygens (including phenoxy) is 2. The van der Waals surface area contributed by atoms with Gasteiger partial charge in [0.05, 0.1) is 12.9 Å². The van der Waals surface area contributed by atoms with Crippen LogP contribution in [-0.4, -0.2) is 13.5 Å². The van der Waals surface area contributed by atoms with E-state index in [1.54, 1.807) is 13.2 Å². The third-order valence-electron chi connectivity index (χ3n) is 2.40. The molecule has 0 saturated carbocycles. The van der Waals surface area contributed by atoms with Crippen molar-refractivity contribution in [1.82, 2.24) is 0 Å². The van der Waals surface area contributed by atoms with Gasteiger partial charge in [-0.25, -0.2) is 0 Å². The highest BCUT2D eigenvalue weighted by Crippen LogP contribution is 2.22. The molecular weight excluding hydrogens is 281 g/mol. The molecule has 21 heavy (non-hydrogen) atoms. The molecule has 0 amide bonds. The molecule has 0 N–H and O–H groups in total. The smallest absolute Gasteiger partial charge is 0.501 e. The van der Waals surface area contributed by atoms with Crippen LogP contribution in [0.5, 0.6) is 5.75 Å². The number of rotatable bonds is 4. The fraction of sp³-hybridized carbons (Fsp3) is 0.250. The fourth-order valence-electron chi connectivity index (χ4n) is 1.43. The Kier molecular flexibility index (Phi) is 5.92. The van der Waals surface area contributed by atoms with Crippen molar-refractivity contribution in [3.05, 3.63) is 53.8 Å². The van der Waals surface area contributed by atoms with Gasteiger partial charge in [0.25, 0.3) is 0 Å². The van der Waals surface area contributed by atoms with Crippen LogP contribution in [0.1, 0.15) is 18.9 Å². The second-order valence-electron chi connectivity index (χ2n) is 4.02. The minimum atomic E-state index is -4.69. The van der Waals surface area contributed by atoms with E-state index in [2.05, 4.69) is 23.2 Å². The minimum Gasteiger partial charge on any atom is -0.501 e. The quantitative estimate of drug-likeness (QED) is 0.465. The molecule has 112 valence electrons. The normalized spacial score (nSPS) is 11.4. The van der Waals surface area contributed by atoms with Crippen LogP contribution in [-0.2, 0) is 4.74 Å². The number of halogens is 3. The molecule has 0 saturated heterocycles. The van der Waals surface area contributed by atoms with E-state index in [9.17, 15) is 13.2 Å². The Bertz CT molecular complexity index is 566. The molecule has 0 aliphatic carbocycles. The first-order chi connectivity index (χ1) is 9.84. The molecule has 5 heteroatoms. The summed E-state index contributed by atoms with van der Waals surface area (Å²) in [6.45, 7) is 5.71. The topological polar surface area (TPSA) is 18.5 Å². The van der Waals surface area contributed by atoms with Gasteiger partial charge in [-0.3, -0.25) is 0 Å². The third-order valence-corrected chi connectivity index (χ3v) is 2.40. The van der Waals surface area contributed by atoms with E-state index >= 15 is 0 Å². The Hall–Kier alpha value is -2.35. The van der Waals surface area contributed by atoms with Crippen molar-refractivity contribution in [2.24, 2.45) is 0 Å². The summed E-state index contributed by atoms with van der Waals surface area (Å²) in [5.74, 6) is 6.08. The maximum absolute atomic E-state index is 12.0. The lowest BCUT2D eigenvalue weighted by Gasteiger charge is -2.07. The van der Waals surface area contributed by atoms with Crippen LogP contribution in [0.3, 0.4) is 0 Å². The first-order valence-corrected chi connectivity index (χ1v) is 6.15. The van der Waals surface area contributed by atoms with Crippen LogP contribution in [0.25, 0.3) is 0 Å². The summed E-state index contributed by atoms with van der Waals surface area (Å²) in [5.41, 5.74) is 1.12. The number of methoxy groups -OCH3 is 1. The van der Waals surface area contributed by atoms with Gasteiger partial charge in [-0.15, -0.1) is 13.2 Å². The van der Waals surface area contributed by atoms with E-state index in [0.29, 0.717) is 11.1 Å². The molecule has 0 spiro atoms. The van der Waals surface area contributed by atoms with Crippen LogP contribution in [0.2, 0.25) is 0 Å². The van der Waals surface area contributed by atoms with E-state index < -0.39 is 6.36 Å². The predicted molar refractivity (Wildman–Crippen MR) is 74.5 cm³/mol. The lowest BCUT2D eigenvalue weighted by Crippen LogP contribution is -2.16. The molecule has 0 atom stereocenters. The molecule has 0 radical (unpaired) electrons. The highest BCUT2D eigenvalue weighted by Gasteiger charge is 2.30. The van der Waals surface area contributed by atoms with E-state index in [4.69, 9.17) is 4.74 Å². The Morgan fingerprint density at radius 2 is 1.90 bits per heavy atom. The zero-order valence-corrected chi connectivity index (χ0v) is 11.8.